The van der Waals surface area contributed by atoms with Gasteiger partial charge in [0.15, 0.2) is 5.76 Å². The lowest BCUT2D eigenvalue weighted by Crippen LogP contribution is -2.50. The van der Waals surface area contributed by atoms with E-state index in [0.29, 0.717) is 25.3 Å². The fourth-order valence-electron chi connectivity index (χ4n) is 3.53. The largest absolute Gasteiger partial charge is 0.459 e. The molecule has 1 atom stereocenters. The van der Waals surface area contributed by atoms with Crippen LogP contribution in [0.2, 0.25) is 0 Å². The Morgan fingerprint density at radius 2 is 2.00 bits per heavy atom. The van der Waals surface area contributed by atoms with Crippen LogP contribution in [-0.2, 0) is 11.3 Å². The SMILES string of the molecule is O=C(Nc1ccnn1Cc1ccc(Br)cc1)C1CCCCN1C(=O)c1ccco1. The van der Waals surface area contributed by atoms with Crippen molar-refractivity contribution in [2.75, 3.05) is 11.9 Å². The molecule has 1 unspecified atom stereocenters. The molecular formula is C21H21BrN4O3. The molecule has 4 rings (SSSR count). The normalized spacial score (nSPS) is 16.6. The summed E-state index contributed by atoms with van der Waals surface area (Å²) in [5, 5.41) is 7.27. The van der Waals surface area contributed by atoms with E-state index in [2.05, 4.69) is 26.3 Å². The summed E-state index contributed by atoms with van der Waals surface area (Å²) in [5.41, 5.74) is 1.07. The number of anilines is 1. The van der Waals surface area contributed by atoms with Gasteiger partial charge in [-0.15, -0.1) is 0 Å². The summed E-state index contributed by atoms with van der Waals surface area (Å²) in [5.74, 6) is 0.402. The van der Waals surface area contributed by atoms with Crippen molar-refractivity contribution in [2.24, 2.45) is 0 Å². The van der Waals surface area contributed by atoms with E-state index in [-0.39, 0.29) is 17.6 Å². The number of benzene rings is 1. The Bertz CT molecular complexity index is 982. The molecule has 0 bridgehead atoms. The van der Waals surface area contributed by atoms with Gasteiger partial charge in [0, 0.05) is 17.1 Å². The number of carbonyl (C=O) groups is 2. The van der Waals surface area contributed by atoms with Crippen molar-refractivity contribution in [1.29, 1.82) is 0 Å². The number of hydrogen-bond acceptors (Lipinski definition) is 4. The molecule has 1 N–H and O–H groups in total. The minimum absolute atomic E-state index is 0.206. The van der Waals surface area contributed by atoms with Crippen LogP contribution in [0, 0.1) is 0 Å². The molecule has 3 aromatic rings. The molecule has 1 aliphatic rings. The van der Waals surface area contributed by atoms with E-state index >= 15 is 0 Å². The number of halogens is 1. The molecule has 1 aromatic carbocycles. The first-order chi connectivity index (χ1) is 14.1. The Kier molecular flexibility index (Phi) is 5.80. The van der Waals surface area contributed by atoms with Gasteiger partial charge in [0.1, 0.15) is 11.9 Å². The van der Waals surface area contributed by atoms with E-state index in [9.17, 15) is 9.59 Å². The summed E-state index contributed by atoms with van der Waals surface area (Å²) in [6.45, 7) is 1.07. The van der Waals surface area contributed by atoms with E-state index in [1.807, 2.05) is 24.3 Å². The van der Waals surface area contributed by atoms with Crippen molar-refractivity contribution < 1.29 is 14.0 Å². The van der Waals surface area contributed by atoms with Crippen LogP contribution in [0.1, 0.15) is 35.4 Å². The average Bonchev–Trinajstić information content (AvgIpc) is 3.42. The minimum atomic E-state index is -0.530. The molecule has 0 radical (unpaired) electrons. The molecule has 7 nitrogen and oxygen atoms in total. The summed E-state index contributed by atoms with van der Waals surface area (Å²) in [6.07, 6.45) is 5.52. The van der Waals surface area contributed by atoms with Crippen molar-refractivity contribution in [3.05, 3.63) is 70.7 Å². The molecule has 1 aliphatic heterocycles. The number of carbonyl (C=O) groups excluding carboxylic acids is 2. The van der Waals surface area contributed by atoms with Gasteiger partial charge in [0.05, 0.1) is 19.0 Å². The van der Waals surface area contributed by atoms with Gasteiger partial charge in [-0.2, -0.15) is 5.10 Å². The highest BCUT2D eigenvalue weighted by Crippen LogP contribution is 2.22. The number of rotatable bonds is 5. The molecule has 0 saturated carbocycles. The highest BCUT2D eigenvalue weighted by molar-refractivity contribution is 9.10. The number of nitrogens with zero attached hydrogens (tertiary/aromatic N) is 3. The van der Waals surface area contributed by atoms with Gasteiger partial charge in [-0.3, -0.25) is 9.59 Å². The Morgan fingerprint density at radius 3 is 2.76 bits per heavy atom. The molecule has 150 valence electrons. The zero-order valence-corrected chi connectivity index (χ0v) is 17.3. The zero-order valence-electron chi connectivity index (χ0n) is 15.8. The van der Waals surface area contributed by atoms with E-state index in [4.69, 9.17) is 4.42 Å². The van der Waals surface area contributed by atoms with Gasteiger partial charge in [-0.1, -0.05) is 28.1 Å². The van der Waals surface area contributed by atoms with Crippen molar-refractivity contribution >= 4 is 33.6 Å². The van der Waals surface area contributed by atoms with Crippen LogP contribution < -0.4 is 5.32 Å². The second-order valence-electron chi connectivity index (χ2n) is 6.98. The molecule has 1 fully saturated rings. The Morgan fingerprint density at radius 1 is 1.17 bits per heavy atom. The maximum atomic E-state index is 13.0. The molecule has 8 heteroatoms. The number of hydrogen-bond donors (Lipinski definition) is 1. The van der Waals surface area contributed by atoms with E-state index in [0.717, 1.165) is 22.9 Å². The number of furan rings is 1. The first kappa shape index (κ1) is 19.4. The van der Waals surface area contributed by atoms with E-state index in [1.165, 1.54) is 6.26 Å². The Labute approximate surface area is 176 Å². The summed E-state index contributed by atoms with van der Waals surface area (Å²) in [7, 11) is 0. The Balaban J connectivity index is 1.47. The van der Waals surface area contributed by atoms with E-state index < -0.39 is 6.04 Å². The van der Waals surface area contributed by atoms with Crippen LogP contribution in [0.4, 0.5) is 5.82 Å². The van der Waals surface area contributed by atoms with Crippen LogP contribution in [0.25, 0.3) is 0 Å². The van der Waals surface area contributed by atoms with Crippen molar-refractivity contribution in [1.82, 2.24) is 14.7 Å². The Hall–Kier alpha value is -2.87. The molecule has 3 heterocycles. The smallest absolute Gasteiger partial charge is 0.290 e. The predicted octanol–water partition coefficient (Wildman–Crippen LogP) is 3.92. The van der Waals surface area contributed by atoms with Crippen molar-refractivity contribution in [3.8, 4) is 0 Å². The summed E-state index contributed by atoms with van der Waals surface area (Å²) < 4.78 is 7.98. The van der Waals surface area contributed by atoms with Crippen LogP contribution in [0.3, 0.4) is 0 Å². The summed E-state index contributed by atoms with van der Waals surface area (Å²) in [4.78, 5) is 27.4. The van der Waals surface area contributed by atoms with Crippen LogP contribution in [0.15, 0.2) is 63.8 Å². The molecule has 0 aliphatic carbocycles. The molecule has 2 aromatic heterocycles. The predicted molar refractivity (Wildman–Crippen MR) is 111 cm³/mol. The third kappa shape index (κ3) is 4.42. The number of piperidine rings is 1. The third-order valence-electron chi connectivity index (χ3n) is 5.01. The molecule has 29 heavy (non-hydrogen) atoms. The lowest BCUT2D eigenvalue weighted by molar-refractivity contribution is -0.121. The topological polar surface area (TPSA) is 80.4 Å². The lowest BCUT2D eigenvalue weighted by atomic mass is 10.0. The van der Waals surface area contributed by atoms with Gasteiger partial charge in [0.2, 0.25) is 5.91 Å². The summed E-state index contributed by atoms with van der Waals surface area (Å²) in [6, 6.07) is 12.5. The second-order valence-corrected chi connectivity index (χ2v) is 7.89. The van der Waals surface area contributed by atoms with Crippen LogP contribution in [0.5, 0.6) is 0 Å². The quantitative estimate of drug-likeness (QED) is 0.630. The third-order valence-corrected chi connectivity index (χ3v) is 5.54. The lowest BCUT2D eigenvalue weighted by Gasteiger charge is -2.34. The van der Waals surface area contributed by atoms with Gasteiger partial charge < -0.3 is 14.6 Å². The minimum Gasteiger partial charge on any atom is -0.459 e. The van der Waals surface area contributed by atoms with Gasteiger partial charge in [0.25, 0.3) is 5.91 Å². The van der Waals surface area contributed by atoms with Gasteiger partial charge >= 0.3 is 0 Å². The number of likely N-dealkylation sites (tertiary alicyclic amines) is 1. The highest BCUT2D eigenvalue weighted by Gasteiger charge is 2.34. The summed E-state index contributed by atoms with van der Waals surface area (Å²) >= 11 is 3.43. The molecule has 0 spiro atoms. The van der Waals surface area contributed by atoms with Crippen LogP contribution >= 0.6 is 15.9 Å². The molecular weight excluding hydrogens is 436 g/mol. The monoisotopic (exact) mass is 456 g/mol. The molecule has 1 saturated heterocycles. The number of nitrogens with one attached hydrogen (secondary N) is 1. The van der Waals surface area contributed by atoms with Crippen LogP contribution in [-0.4, -0.2) is 39.1 Å². The molecule has 2 amide bonds. The van der Waals surface area contributed by atoms with Gasteiger partial charge in [-0.05, 0) is 49.1 Å². The number of aromatic nitrogens is 2. The fourth-order valence-corrected chi connectivity index (χ4v) is 3.79. The first-order valence-electron chi connectivity index (χ1n) is 9.53. The highest BCUT2D eigenvalue weighted by atomic mass is 79.9. The maximum Gasteiger partial charge on any atom is 0.290 e. The van der Waals surface area contributed by atoms with E-state index in [1.54, 1.807) is 34.0 Å². The second kappa shape index (κ2) is 8.65. The van der Waals surface area contributed by atoms with Crippen molar-refractivity contribution in [3.63, 3.8) is 0 Å². The standard InChI is InChI=1S/C21H21BrN4O3/c22-16-8-6-15(7-9-16)14-26-19(10-11-23-26)24-20(27)17-4-1-2-12-25(17)21(28)18-5-3-13-29-18/h3,5-11,13,17H,1-2,4,12,14H2,(H,24,27). The van der Waals surface area contributed by atoms with Gasteiger partial charge in [-0.25, -0.2) is 4.68 Å². The average molecular weight is 457 g/mol. The first-order valence-corrected chi connectivity index (χ1v) is 10.3. The van der Waals surface area contributed by atoms with Crippen molar-refractivity contribution in [2.45, 2.75) is 31.8 Å². The maximum absolute atomic E-state index is 13.0. The number of amides is 2. The fraction of sp³-hybridized carbons (Fsp3) is 0.286. The zero-order chi connectivity index (χ0) is 20.2.